The minimum absolute atomic E-state index is 0.250. The maximum Gasteiger partial charge on any atom is 0.0756 e. The molecule has 1 aromatic rings. The Balaban J connectivity index is 1.55. The standard InChI is InChI=1S/C16H22BrNO/c1-12-8-13(17)10-14(9-12)18-11-15-4-7-16(19-15)5-2-3-6-16/h8-10,15,18H,2-7,11H2,1H3. The van der Waals surface area contributed by atoms with Crippen LogP contribution in [-0.4, -0.2) is 18.2 Å². The molecule has 3 rings (SSSR count). The molecule has 1 aromatic carbocycles. The summed E-state index contributed by atoms with van der Waals surface area (Å²) in [7, 11) is 0. The average Bonchev–Trinajstić information content (AvgIpc) is 2.97. The number of rotatable bonds is 3. The molecule has 1 unspecified atom stereocenters. The maximum absolute atomic E-state index is 6.32. The van der Waals surface area contributed by atoms with Gasteiger partial charge in [-0.25, -0.2) is 0 Å². The molecule has 0 aromatic heterocycles. The van der Waals surface area contributed by atoms with E-state index < -0.39 is 0 Å². The molecular weight excluding hydrogens is 302 g/mol. The summed E-state index contributed by atoms with van der Waals surface area (Å²) in [4.78, 5) is 0. The van der Waals surface area contributed by atoms with Crippen LogP contribution >= 0.6 is 15.9 Å². The number of benzene rings is 1. The summed E-state index contributed by atoms with van der Waals surface area (Å²) in [6.07, 6.45) is 8.11. The summed E-state index contributed by atoms with van der Waals surface area (Å²) in [6.45, 7) is 3.05. The van der Waals surface area contributed by atoms with Gasteiger partial charge in [0.2, 0.25) is 0 Å². The van der Waals surface area contributed by atoms with Crippen molar-refractivity contribution in [3.63, 3.8) is 0 Å². The fourth-order valence-corrected chi connectivity index (χ4v) is 4.10. The van der Waals surface area contributed by atoms with E-state index in [1.165, 1.54) is 49.8 Å². The molecule has 1 N–H and O–H groups in total. The summed E-state index contributed by atoms with van der Waals surface area (Å²) in [5.41, 5.74) is 2.71. The second-order valence-corrected chi connectivity index (χ2v) is 6.98. The van der Waals surface area contributed by atoms with Crippen LogP contribution < -0.4 is 5.32 Å². The lowest BCUT2D eigenvalue weighted by Crippen LogP contribution is -2.27. The van der Waals surface area contributed by atoms with Gasteiger partial charge < -0.3 is 10.1 Å². The summed E-state index contributed by atoms with van der Waals surface area (Å²) in [5.74, 6) is 0. The molecule has 0 amide bonds. The van der Waals surface area contributed by atoms with Crippen molar-refractivity contribution in [1.82, 2.24) is 0 Å². The molecule has 3 heteroatoms. The zero-order chi connectivity index (χ0) is 13.3. The van der Waals surface area contributed by atoms with E-state index in [1.807, 2.05) is 0 Å². The molecule has 104 valence electrons. The Morgan fingerprint density at radius 3 is 2.79 bits per heavy atom. The van der Waals surface area contributed by atoms with Crippen molar-refractivity contribution in [2.45, 2.75) is 57.2 Å². The monoisotopic (exact) mass is 323 g/mol. The molecule has 1 spiro atoms. The molecule has 2 aliphatic rings. The minimum Gasteiger partial charge on any atom is -0.382 e. The van der Waals surface area contributed by atoms with Crippen molar-refractivity contribution in [3.05, 3.63) is 28.2 Å². The molecule has 0 radical (unpaired) electrons. The fraction of sp³-hybridized carbons (Fsp3) is 0.625. The van der Waals surface area contributed by atoms with Gasteiger partial charge in [-0.15, -0.1) is 0 Å². The summed E-state index contributed by atoms with van der Waals surface area (Å²) >= 11 is 3.54. The highest BCUT2D eigenvalue weighted by Crippen LogP contribution is 2.43. The Kier molecular flexibility index (Phi) is 3.86. The third-order valence-corrected chi connectivity index (χ3v) is 4.89. The second-order valence-electron chi connectivity index (χ2n) is 6.07. The van der Waals surface area contributed by atoms with Crippen molar-refractivity contribution < 1.29 is 4.74 Å². The number of halogens is 1. The van der Waals surface area contributed by atoms with Crippen molar-refractivity contribution in [2.24, 2.45) is 0 Å². The summed E-state index contributed by atoms with van der Waals surface area (Å²) in [6, 6.07) is 6.45. The van der Waals surface area contributed by atoms with Crippen LogP contribution in [0.2, 0.25) is 0 Å². The van der Waals surface area contributed by atoms with Crippen LogP contribution in [-0.2, 0) is 4.74 Å². The van der Waals surface area contributed by atoms with Crippen LogP contribution in [0.4, 0.5) is 5.69 Å². The number of hydrogen-bond donors (Lipinski definition) is 1. The average molecular weight is 324 g/mol. The molecule has 1 saturated carbocycles. The second kappa shape index (κ2) is 5.45. The zero-order valence-corrected chi connectivity index (χ0v) is 13.1. The van der Waals surface area contributed by atoms with Gasteiger partial charge in [-0.05, 0) is 56.4 Å². The van der Waals surface area contributed by atoms with E-state index in [4.69, 9.17) is 4.74 Å². The van der Waals surface area contributed by atoms with Gasteiger partial charge in [-0.3, -0.25) is 0 Å². The Bertz CT molecular complexity index is 434. The molecule has 2 nitrogen and oxygen atoms in total. The normalized spacial score (nSPS) is 25.1. The van der Waals surface area contributed by atoms with Crippen molar-refractivity contribution in [1.29, 1.82) is 0 Å². The third-order valence-electron chi connectivity index (χ3n) is 4.43. The largest absolute Gasteiger partial charge is 0.382 e. The van der Waals surface area contributed by atoms with E-state index in [-0.39, 0.29) is 5.60 Å². The van der Waals surface area contributed by atoms with E-state index in [2.05, 4.69) is 46.4 Å². The quantitative estimate of drug-likeness (QED) is 0.873. The SMILES string of the molecule is Cc1cc(Br)cc(NCC2CCC3(CCCC3)O2)c1. The molecular formula is C16H22BrNO. The highest BCUT2D eigenvalue weighted by atomic mass is 79.9. The van der Waals surface area contributed by atoms with Gasteiger partial charge in [0, 0.05) is 16.7 Å². The first-order valence-electron chi connectivity index (χ1n) is 7.34. The van der Waals surface area contributed by atoms with Crippen molar-refractivity contribution >= 4 is 21.6 Å². The molecule has 0 bridgehead atoms. The Morgan fingerprint density at radius 2 is 2.05 bits per heavy atom. The van der Waals surface area contributed by atoms with E-state index in [0.29, 0.717) is 6.10 Å². The van der Waals surface area contributed by atoms with Crippen LogP contribution in [0.3, 0.4) is 0 Å². The predicted octanol–water partition coefficient (Wildman–Crippen LogP) is 4.66. The van der Waals surface area contributed by atoms with Gasteiger partial charge in [0.15, 0.2) is 0 Å². The highest BCUT2D eigenvalue weighted by Gasteiger charge is 2.41. The van der Waals surface area contributed by atoms with Crippen LogP contribution in [0.1, 0.15) is 44.1 Å². The van der Waals surface area contributed by atoms with Crippen LogP contribution in [0.5, 0.6) is 0 Å². The number of anilines is 1. The molecule has 1 heterocycles. The molecule has 1 atom stereocenters. The summed E-state index contributed by atoms with van der Waals surface area (Å²) < 4.78 is 7.45. The van der Waals surface area contributed by atoms with E-state index >= 15 is 0 Å². The van der Waals surface area contributed by atoms with Crippen LogP contribution in [0, 0.1) is 6.92 Å². The Morgan fingerprint density at radius 1 is 1.26 bits per heavy atom. The van der Waals surface area contributed by atoms with Gasteiger partial charge in [-0.2, -0.15) is 0 Å². The molecule has 1 saturated heterocycles. The zero-order valence-electron chi connectivity index (χ0n) is 11.5. The lowest BCUT2D eigenvalue weighted by molar-refractivity contribution is -0.0307. The van der Waals surface area contributed by atoms with Crippen molar-refractivity contribution in [3.8, 4) is 0 Å². The first kappa shape index (κ1) is 13.4. The van der Waals surface area contributed by atoms with E-state index in [1.54, 1.807) is 0 Å². The lowest BCUT2D eigenvalue weighted by atomic mass is 9.98. The van der Waals surface area contributed by atoms with Crippen LogP contribution in [0.15, 0.2) is 22.7 Å². The van der Waals surface area contributed by atoms with Gasteiger partial charge >= 0.3 is 0 Å². The lowest BCUT2D eigenvalue weighted by Gasteiger charge is -2.24. The smallest absolute Gasteiger partial charge is 0.0756 e. The maximum atomic E-state index is 6.32. The van der Waals surface area contributed by atoms with Gasteiger partial charge in [0.1, 0.15) is 0 Å². The fourth-order valence-electron chi connectivity index (χ4n) is 3.50. The van der Waals surface area contributed by atoms with Crippen LogP contribution in [0.25, 0.3) is 0 Å². The number of hydrogen-bond acceptors (Lipinski definition) is 2. The summed E-state index contributed by atoms with van der Waals surface area (Å²) in [5, 5.41) is 3.52. The van der Waals surface area contributed by atoms with E-state index in [0.717, 1.165) is 11.0 Å². The highest BCUT2D eigenvalue weighted by molar-refractivity contribution is 9.10. The number of ether oxygens (including phenoxy) is 1. The first-order chi connectivity index (χ1) is 9.15. The topological polar surface area (TPSA) is 21.3 Å². The molecule has 1 aliphatic heterocycles. The van der Waals surface area contributed by atoms with Gasteiger partial charge in [-0.1, -0.05) is 28.8 Å². The number of aryl methyl sites for hydroxylation is 1. The molecule has 1 aliphatic carbocycles. The Hall–Kier alpha value is -0.540. The van der Waals surface area contributed by atoms with Gasteiger partial charge in [0.25, 0.3) is 0 Å². The van der Waals surface area contributed by atoms with E-state index in [9.17, 15) is 0 Å². The molecule has 19 heavy (non-hydrogen) atoms. The predicted molar refractivity (Wildman–Crippen MR) is 82.7 cm³/mol. The third kappa shape index (κ3) is 3.14. The van der Waals surface area contributed by atoms with Crippen molar-refractivity contribution in [2.75, 3.05) is 11.9 Å². The molecule has 2 fully saturated rings. The number of nitrogens with one attached hydrogen (secondary N) is 1. The van der Waals surface area contributed by atoms with Gasteiger partial charge in [0.05, 0.1) is 11.7 Å². The minimum atomic E-state index is 0.250. The first-order valence-corrected chi connectivity index (χ1v) is 8.13. The Labute approximate surface area is 124 Å².